The topological polar surface area (TPSA) is 75.9 Å². The second-order valence-electron chi connectivity index (χ2n) is 7.29. The maximum Gasteiger partial charge on any atom is 0.224 e. The first kappa shape index (κ1) is 21.8. The van der Waals surface area contributed by atoms with Gasteiger partial charge in [0.05, 0.1) is 24.5 Å². The van der Waals surface area contributed by atoms with Gasteiger partial charge in [-0.15, -0.1) is 0 Å². The number of benzene rings is 1. The van der Waals surface area contributed by atoms with Crippen molar-refractivity contribution in [1.29, 1.82) is 0 Å². The monoisotopic (exact) mass is 462 g/mol. The zero-order valence-corrected chi connectivity index (χ0v) is 18.8. The smallest absolute Gasteiger partial charge is 0.224 e. The van der Waals surface area contributed by atoms with Gasteiger partial charge in [0.15, 0.2) is 10.8 Å². The highest BCUT2D eigenvalue weighted by Crippen LogP contribution is 2.29. The van der Waals surface area contributed by atoms with Crippen LogP contribution in [0.1, 0.15) is 25.3 Å². The van der Waals surface area contributed by atoms with E-state index in [0.29, 0.717) is 13.1 Å². The molecule has 0 unspecified atom stereocenters. The van der Waals surface area contributed by atoms with E-state index in [0.717, 1.165) is 53.7 Å². The molecule has 2 aromatic heterocycles. The Balaban J connectivity index is 1.46. The largest absolute Gasteiger partial charge is 0.356 e. The molecule has 1 aliphatic heterocycles. The number of aromatic nitrogens is 4. The molecule has 1 aliphatic rings. The van der Waals surface area contributed by atoms with Gasteiger partial charge in [-0.2, -0.15) is 5.10 Å². The third-order valence-corrected chi connectivity index (χ3v) is 6.26. The van der Waals surface area contributed by atoms with Crippen LogP contribution in [-0.2, 0) is 17.8 Å². The van der Waals surface area contributed by atoms with Gasteiger partial charge < -0.3 is 10.2 Å². The number of halogens is 2. The summed E-state index contributed by atoms with van der Waals surface area (Å²) in [5.74, 6) is 1.04. The van der Waals surface area contributed by atoms with E-state index in [1.807, 2.05) is 0 Å². The first-order chi connectivity index (χ1) is 15.1. The Morgan fingerprint density at radius 1 is 1.29 bits per heavy atom. The average molecular weight is 463 g/mol. The van der Waals surface area contributed by atoms with Crippen LogP contribution in [0, 0.1) is 5.82 Å². The van der Waals surface area contributed by atoms with Gasteiger partial charge in [-0.05, 0) is 30.7 Å². The number of rotatable bonds is 8. The average Bonchev–Trinajstić information content (AvgIpc) is 3.41. The second kappa shape index (κ2) is 9.82. The number of hydrogen-bond donors (Lipinski definition) is 1. The fourth-order valence-corrected chi connectivity index (χ4v) is 4.46. The van der Waals surface area contributed by atoms with E-state index in [1.54, 1.807) is 28.7 Å². The number of thioether (sulfide) groups is 1. The number of fused-ring (bicyclic) bond motifs is 1. The van der Waals surface area contributed by atoms with E-state index in [-0.39, 0.29) is 22.9 Å². The van der Waals surface area contributed by atoms with E-state index < -0.39 is 5.82 Å². The van der Waals surface area contributed by atoms with Gasteiger partial charge in [0.1, 0.15) is 11.6 Å². The molecule has 0 bridgehead atoms. The molecule has 4 rings (SSSR count). The lowest BCUT2D eigenvalue weighted by Gasteiger charge is -2.17. The lowest BCUT2D eigenvalue weighted by atomic mass is 10.1. The minimum absolute atomic E-state index is 0.107. The predicted molar refractivity (Wildman–Crippen MR) is 121 cm³/mol. The van der Waals surface area contributed by atoms with Gasteiger partial charge >= 0.3 is 0 Å². The molecule has 1 aromatic carbocycles. The summed E-state index contributed by atoms with van der Waals surface area (Å²) < 4.78 is 15.7. The van der Waals surface area contributed by atoms with Crippen molar-refractivity contribution < 1.29 is 9.18 Å². The Morgan fingerprint density at radius 2 is 2.10 bits per heavy atom. The van der Waals surface area contributed by atoms with Crippen molar-refractivity contribution in [2.75, 3.05) is 30.3 Å². The molecule has 1 fully saturated rings. The number of anilines is 1. The third-order valence-electron chi connectivity index (χ3n) is 5.18. The Labute approximate surface area is 189 Å². The van der Waals surface area contributed by atoms with E-state index in [1.165, 1.54) is 12.1 Å². The Kier molecular flexibility index (Phi) is 6.92. The molecule has 0 radical (unpaired) electrons. The number of carbonyl (C=O) groups is 1. The zero-order valence-electron chi connectivity index (χ0n) is 17.3. The van der Waals surface area contributed by atoms with Crippen molar-refractivity contribution in [3.63, 3.8) is 0 Å². The van der Waals surface area contributed by atoms with Crippen LogP contribution in [0.25, 0.3) is 11.0 Å². The summed E-state index contributed by atoms with van der Waals surface area (Å²) in [6.45, 7) is 4.85. The van der Waals surface area contributed by atoms with Gasteiger partial charge in [0.2, 0.25) is 5.91 Å². The van der Waals surface area contributed by atoms with Crippen LogP contribution < -0.4 is 10.2 Å². The van der Waals surface area contributed by atoms with Crippen molar-refractivity contribution in [2.24, 2.45) is 0 Å². The normalized spacial score (nSPS) is 13.8. The van der Waals surface area contributed by atoms with Gasteiger partial charge in [0, 0.05) is 30.2 Å². The number of carbonyl (C=O) groups excluding carboxylic acids is 1. The number of nitrogens with zero attached hydrogens (tertiary/aromatic N) is 5. The molecule has 0 aliphatic carbocycles. The lowest BCUT2D eigenvalue weighted by Crippen LogP contribution is -2.29. The first-order valence-electron chi connectivity index (χ1n) is 10.4. The molecule has 31 heavy (non-hydrogen) atoms. The maximum atomic E-state index is 13.9. The summed E-state index contributed by atoms with van der Waals surface area (Å²) >= 11 is 7.61. The van der Waals surface area contributed by atoms with Crippen LogP contribution in [0.4, 0.5) is 10.2 Å². The van der Waals surface area contributed by atoms with Crippen LogP contribution in [0.5, 0.6) is 0 Å². The van der Waals surface area contributed by atoms with Crippen molar-refractivity contribution >= 4 is 46.1 Å². The van der Waals surface area contributed by atoms with Gasteiger partial charge in [0.25, 0.3) is 0 Å². The summed E-state index contributed by atoms with van der Waals surface area (Å²) in [6.07, 6.45) is 4.01. The molecule has 10 heteroatoms. The van der Waals surface area contributed by atoms with Crippen LogP contribution in [0.15, 0.2) is 29.6 Å². The lowest BCUT2D eigenvalue weighted by molar-refractivity contribution is -0.120. The highest BCUT2D eigenvalue weighted by atomic mass is 35.5. The number of hydrogen-bond acceptors (Lipinski definition) is 6. The Morgan fingerprint density at radius 3 is 2.84 bits per heavy atom. The molecule has 1 N–H and O–H groups in total. The molecule has 0 saturated carbocycles. The molecule has 3 heterocycles. The highest BCUT2D eigenvalue weighted by molar-refractivity contribution is 7.99. The molecule has 3 aromatic rings. The van der Waals surface area contributed by atoms with E-state index in [9.17, 15) is 9.18 Å². The Bertz CT molecular complexity index is 1060. The number of nitrogens with one attached hydrogen (secondary N) is 1. The fraction of sp³-hybridized carbons (Fsp3) is 0.429. The summed E-state index contributed by atoms with van der Waals surface area (Å²) in [6, 6.07) is 4.39. The number of amides is 1. The highest BCUT2D eigenvalue weighted by Gasteiger charge is 2.21. The molecule has 0 spiro atoms. The van der Waals surface area contributed by atoms with Crippen molar-refractivity contribution in [2.45, 2.75) is 37.9 Å². The molecule has 1 saturated heterocycles. The molecular formula is C21H24ClFN6OS. The quantitative estimate of drug-likeness (QED) is 0.406. The van der Waals surface area contributed by atoms with E-state index >= 15 is 0 Å². The SMILES string of the molecule is CCSc1nc(N2CCCC2)c2cnn(CCNC(=O)Cc3c(F)cccc3Cl)c2n1. The third kappa shape index (κ3) is 4.93. The van der Waals surface area contributed by atoms with Crippen molar-refractivity contribution in [3.05, 3.63) is 40.8 Å². The molecule has 7 nitrogen and oxygen atoms in total. The summed E-state index contributed by atoms with van der Waals surface area (Å²) in [5.41, 5.74) is 0.967. The van der Waals surface area contributed by atoms with Gasteiger partial charge in [-0.25, -0.2) is 19.0 Å². The van der Waals surface area contributed by atoms with Gasteiger partial charge in [-0.3, -0.25) is 4.79 Å². The Hall–Kier alpha value is -2.39. The van der Waals surface area contributed by atoms with E-state index in [4.69, 9.17) is 21.6 Å². The predicted octanol–water partition coefficient (Wildman–Crippen LogP) is 3.69. The molecular weight excluding hydrogens is 439 g/mol. The molecule has 0 atom stereocenters. The van der Waals surface area contributed by atoms with Gasteiger partial charge in [-0.1, -0.05) is 36.4 Å². The molecule has 164 valence electrons. The minimum atomic E-state index is -0.479. The summed E-state index contributed by atoms with van der Waals surface area (Å²) in [7, 11) is 0. The maximum absolute atomic E-state index is 13.9. The van der Waals surface area contributed by atoms with Crippen molar-refractivity contribution in [1.82, 2.24) is 25.1 Å². The summed E-state index contributed by atoms with van der Waals surface area (Å²) in [5, 5.41) is 9.20. The standard InChI is InChI=1S/C21H24ClFN6OS/c1-2-31-21-26-19(28-9-3-4-10-28)15-13-25-29(20(15)27-21)11-8-24-18(30)12-14-16(22)6-5-7-17(14)23/h5-7,13H,2-4,8-12H2,1H3,(H,24,30). The fourth-order valence-electron chi connectivity index (χ4n) is 3.67. The molecule has 1 amide bonds. The van der Waals surface area contributed by atoms with Crippen LogP contribution in [0.2, 0.25) is 5.02 Å². The van der Waals surface area contributed by atoms with E-state index in [2.05, 4.69) is 22.2 Å². The van der Waals surface area contributed by atoms with Crippen LogP contribution in [0.3, 0.4) is 0 Å². The van der Waals surface area contributed by atoms with Crippen LogP contribution in [-0.4, -0.2) is 51.0 Å². The second-order valence-corrected chi connectivity index (χ2v) is 8.93. The first-order valence-corrected chi connectivity index (χ1v) is 11.7. The zero-order chi connectivity index (χ0) is 21.8. The summed E-state index contributed by atoms with van der Waals surface area (Å²) in [4.78, 5) is 24.0. The van der Waals surface area contributed by atoms with Crippen LogP contribution >= 0.6 is 23.4 Å². The van der Waals surface area contributed by atoms with Crippen molar-refractivity contribution in [3.8, 4) is 0 Å². The minimum Gasteiger partial charge on any atom is -0.356 e.